The summed E-state index contributed by atoms with van der Waals surface area (Å²) >= 11 is 0. The number of nitrogens with zero attached hydrogens (tertiary/aromatic N) is 3. The number of amides is 3. The van der Waals surface area contributed by atoms with E-state index in [4.69, 9.17) is 4.74 Å². The topological polar surface area (TPSA) is 111 Å². The second-order valence-corrected chi connectivity index (χ2v) is 14.6. The van der Waals surface area contributed by atoms with Gasteiger partial charge in [-0.1, -0.05) is 61.5 Å². The van der Waals surface area contributed by atoms with Crippen molar-refractivity contribution in [2.24, 2.45) is 11.8 Å². The Morgan fingerprint density at radius 1 is 1.02 bits per heavy atom. The number of hydrogen-bond acceptors (Lipinski definition) is 6. The zero-order valence-electron chi connectivity index (χ0n) is 28.5. The number of carbonyl (C=O) groups excluding carboxylic acids is 3. The molecule has 0 saturated carbocycles. The van der Waals surface area contributed by atoms with E-state index < -0.39 is 35.2 Å². The minimum Gasteiger partial charge on any atom is -0.394 e. The molecule has 5 atom stereocenters. The van der Waals surface area contributed by atoms with Crippen LogP contribution in [-0.4, -0.2) is 63.7 Å². The number of ether oxygens (including phenoxy) is 1. The smallest absolute Gasteiger partial charge is 0.264 e. The average Bonchev–Trinajstić information content (AvgIpc) is 3.65. The van der Waals surface area contributed by atoms with Crippen molar-refractivity contribution in [1.82, 2.24) is 4.90 Å². The van der Waals surface area contributed by atoms with Crippen molar-refractivity contribution in [3.8, 4) is 0 Å². The number of carbonyl (C=O) groups is 3. The zero-order chi connectivity index (χ0) is 35.1. The molecule has 0 bridgehead atoms. The molecule has 4 aliphatic heterocycles. The third-order valence-electron chi connectivity index (χ3n) is 11.4. The van der Waals surface area contributed by atoms with Crippen LogP contribution in [0, 0.1) is 11.8 Å². The van der Waals surface area contributed by atoms with Gasteiger partial charge in [-0.05, 0) is 67.1 Å². The van der Waals surface area contributed by atoms with Crippen molar-refractivity contribution >= 4 is 45.6 Å². The van der Waals surface area contributed by atoms with E-state index in [1.54, 1.807) is 34.6 Å². The number of anilines is 3. The largest absolute Gasteiger partial charge is 0.394 e. The second-order valence-electron chi connectivity index (χ2n) is 14.6. The van der Waals surface area contributed by atoms with Crippen LogP contribution >= 0.6 is 0 Å². The first-order valence-electron chi connectivity index (χ1n) is 17.3. The predicted octanol–water partition coefficient (Wildman–Crippen LogP) is 5.62. The Hall–Kier alpha value is -4.83. The maximum atomic E-state index is 14.7. The number of aliphatic hydroxyl groups excluding tert-OH is 1. The number of benzene rings is 4. The molecule has 0 unspecified atom stereocenters. The first-order chi connectivity index (χ1) is 24.0. The SMILES string of the molecule is C=CCN1C(=O)[C@]2(O[C@H](CC(=O)N3Cc4ccccc4C[C@H]3CO)[C@@H](C(C)(C)O)[C@@H]2C)c2cc(N3C(=O)c4cccc5cccc3c45)ccc21. The van der Waals surface area contributed by atoms with Gasteiger partial charge in [0.15, 0.2) is 5.60 Å². The molecule has 0 aliphatic carbocycles. The van der Waals surface area contributed by atoms with Gasteiger partial charge in [-0.25, -0.2) is 0 Å². The third kappa shape index (κ3) is 4.60. The van der Waals surface area contributed by atoms with E-state index in [0.29, 0.717) is 35.5 Å². The maximum absolute atomic E-state index is 14.7. The van der Waals surface area contributed by atoms with Crippen LogP contribution in [0.1, 0.15) is 54.2 Å². The number of fused-ring (bicyclic) bond motifs is 3. The van der Waals surface area contributed by atoms with E-state index in [9.17, 15) is 24.6 Å². The van der Waals surface area contributed by atoms with Crippen molar-refractivity contribution in [3.63, 3.8) is 0 Å². The lowest BCUT2D eigenvalue weighted by atomic mass is 9.70. The standard InChI is InChI=1S/C41H41N3O6/c1-5-18-42-32-17-16-28(44-33-15-9-13-25-12-8-14-30(36(25)33)38(44)47)20-31(32)41(39(42)48)24(2)37(40(3,4)49)34(50-41)21-35(46)43-22-27-11-7-6-10-26(27)19-29(43)23-45/h5-17,20,24,29,34,37,45,49H,1,18-19,21-23H2,2-4H3/t24-,29-,34+,37-,41+/m0/s1. The highest BCUT2D eigenvalue weighted by atomic mass is 16.5. The van der Waals surface area contributed by atoms with Gasteiger partial charge < -0.3 is 24.7 Å². The summed E-state index contributed by atoms with van der Waals surface area (Å²) in [7, 11) is 0. The van der Waals surface area contributed by atoms with E-state index in [0.717, 1.165) is 27.6 Å². The van der Waals surface area contributed by atoms with Crippen LogP contribution in [0.3, 0.4) is 0 Å². The van der Waals surface area contributed by atoms with E-state index in [-0.39, 0.29) is 37.3 Å². The fourth-order valence-electron chi connectivity index (χ4n) is 9.22. The predicted molar refractivity (Wildman–Crippen MR) is 191 cm³/mol. The van der Waals surface area contributed by atoms with Crippen LogP contribution in [0.2, 0.25) is 0 Å². The molecule has 2 N–H and O–H groups in total. The number of rotatable bonds is 7. The second kappa shape index (κ2) is 11.6. The number of hydrogen-bond donors (Lipinski definition) is 2. The van der Waals surface area contributed by atoms with Crippen LogP contribution in [0.15, 0.2) is 91.5 Å². The minimum atomic E-state index is -1.53. The highest BCUT2D eigenvalue weighted by Gasteiger charge is 2.66. The van der Waals surface area contributed by atoms with Gasteiger partial charge in [0.25, 0.3) is 11.8 Å². The normalized spacial score (nSPS) is 25.5. The summed E-state index contributed by atoms with van der Waals surface area (Å²) in [5.41, 5.74) is 2.51. The molecule has 4 aliphatic rings. The van der Waals surface area contributed by atoms with Crippen LogP contribution < -0.4 is 9.80 Å². The molecule has 4 aromatic carbocycles. The molecule has 256 valence electrons. The molecule has 0 aromatic heterocycles. The van der Waals surface area contributed by atoms with Crippen LogP contribution in [0.4, 0.5) is 17.1 Å². The lowest BCUT2D eigenvalue weighted by molar-refractivity contribution is -0.151. The van der Waals surface area contributed by atoms with Gasteiger partial charge in [-0.2, -0.15) is 0 Å². The summed E-state index contributed by atoms with van der Waals surface area (Å²) in [6.45, 7) is 9.60. The van der Waals surface area contributed by atoms with Crippen LogP contribution in [0.5, 0.6) is 0 Å². The molecule has 0 radical (unpaired) electrons. The molecule has 3 amide bonds. The fourth-order valence-corrected chi connectivity index (χ4v) is 9.22. The first kappa shape index (κ1) is 32.4. The van der Waals surface area contributed by atoms with E-state index in [1.807, 2.05) is 85.8 Å². The summed E-state index contributed by atoms with van der Waals surface area (Å²) in [5, 5.41) is 23.8. The van der Waals surface area contributed by atoms with Crippen LogP contribution in [-0.2, 0) is 32.9 Å². The molecule has 4 aromatic rings. The van der Waals surface area contributed by atoms with Crippen molar-refractivity contribution in [2.75, 3.05) is 23.0 Å². The van der Waals surface area contributed by atoms with Crippen molar-refractivity contribution in [3.05, 3.63) is 114 Å². The molecule has 1 spiro atoms. The quantitative estimate of drug-likeness (QED) is 0.247. The van der Waals surface area contributed by atoms with Gasteiger partial charge in [-0.3, -0.25) is 19.3 Å². The zero-order valence-corrected chi connectivity index (χ0v) is 28.5. The van der Waals surface area contributed by atoms with Gasteiger partial charge >= 0.3 is 0 Å². The highest BCUT2D eigenvalue weighted by molar-refractivity contribution is 6.28. The molecule has 8 rings (SSSR count). The third-order valence-corrected chi connectivity index (χ3v) is 11.4. The molecule has 9 heteroatoms. The molecular weight excluding hydrogens is 630 g/mol. The molecule has 4 heterocycles. The monoisotopic (exact) mass is 671 g/mol. The van der Waals surface area contributed by atoms with Gasteiger partial charge in [0.2, 0.25) is 5.91 Å². The van der Waals surface area contributed by atoms with Gasteiger partial charge in [-0.15, -0.1) is 6.58 Å². The van der Waals surface area contributed by atoms with Gasteiger partial charge in [0, 0.05) is 41.6 Å². The van der Waals surface area contributed by atoms with E-state index in [1.165, 1.54) is 0 Å². The fraction of sp³-hybridized carbons (Fsp3) is 0.341. The Bertz CT molecular complexity index is 2080. The van der Waals surface area contributed by atoms with E-state index in [2.05, 4.69) is 6.58 Å². The Labute approximate surface area is 291 Å². The summed E-state index contributed by atoms with van der Waals surface area (Å²) < 4.78 is 6.94. The molecule has 9 nitrogen and oxygen atoms in total. The van der Waals surface area contributed by atoms with Crippen molar-refractivity contribution < 1.29 is 29.3 Å². The lowest BCUT2D eigenvalue weighted by Crippen LogP contribution is -2.48. The summed E-state index contributed by atoms with van der Waals surface area (Å²) in [6, 6.07) is 24.6. The molecule has 50 heavy (non-hydrogen) atoms. The Morgan fingerprint density at radius 3 is 2.48 bits per heavy atom. The summed E-state index contributed by atoms with van der Waals surface area (Å²) in [6.07, 6.45) is 1.31. The number of aliphatic hydroxyl groups is 2. The van der Waals surface area contributed by atoms with E-state index >= 15 is 0 Å². The maximum Gasteiger partial charge on any atom is 0.264 e. The Balaban J connectivity index is 1.20. The van der Waals surface area contributed by atoms with Crippen molar-refractivity contribution in [1.29, 1.82) is 0 Å². The Kier molecular flexibility index (Phi) is 7.52. The molecular formula is C41H41N3O6. The lowest BCUT2D eigenvalue weighted by Gasteiger charge is -2.38. The summed E-state index contributed by atoms with van der Waals surface area (Å²) in [5.74, 6) is -1.82. The Morgan fingerprint density at radius 2 is 1.76 bits per heavy atom. The minimum absolute atomic E-state index is 0.0783. The molecule has 1 saturated heterocycles. The van der Waals surface area contributed by atoms with Gasteiger partial charge in [0.1, 0.15) is 0 Å². The molecule has 1 fully saturated rings. The van der Waals surface area contributed by atoms with Crippen LogP contribution in [0.25, 0.3) is 10.8 Å². The first-order valence-corrected chi connectivity index (χ1v) is 17.3. The van der Waals surface area contributed by atoms with Gasteiger partial charge in [0.05, 0.1) is 47.7 Å². The highest BCUT2D eigenvalue weighted by Crippen LogP contribution is 2.59. The summed E-state index contributed by atoms with van der Waals surface area (Å²) in [4.78, 5) is 47.8. The average molecular weight is 672 g/mol. The van der Waals surface area contributed by atoms with Crippen molar-refractivity contribution in [2.45, 2.75) is 63.5 Å².